The van der Waals surface area contributed by atoms with Gasteiger partial charge in [-0.25, -0.2) is 0 Å². The Balaban J connectivity index is 1.83. The third kappa shape index (κ3) is 4.36. The van der Waals surface area contributed by atoms with Crippen LogP contribution in [0, 0.1) is 0 Å². The second-order valence-electron chi connectivity index (χ2n) is 5.88. The van der Waals surface area contributed by atoms with Crippen LogP contribution in [0.4, 0.5) is 5.69 Å². The first-order valence-corrected chi connectivity index (χ1v) is 8.33. The lowest BCUT2D eigenvalue weighted by atomic mass is 9.91. The van der Waals surface area contributed by atoms with Crippen LogP contribution in [0.25, 0.3) is 0 Å². The molecule has 0 aliphatic heterocycles. The first-order chi connectivity index (χ1) is 12.6. The number of benzene rings is 3. The van der Waals surface area contributed by atoms with Crippen LogP contribution >= 0.6 is 0 Å². The topological polar surface area (TPSA) is 55.4 Å². The van der Waals surface area contributed by atoms with E-state index in [1.165, 1.54) is 6.92 Å². The van der Waals surface area contributed by atoms with Crippen molar-refractivity contribution >= 4 is 17.6 Å². The van der Waals surface area contributed by atoms with E-state index in [4.69, 9.17) is 4.74 Å². The minimum absolute atomic E-state index is 0.150. The normalized spacial score (nSPS) is 10.4. The summed E-state index contributed by atoms with van der Waals surface area (Å²) in [5, 5.41) is 2.68. The Hall–Kier alpha value is -3.40. The van der Waals surface area contributed by atoms with Gasteiger partial charge >= 0.3 is 5.97 Å². The Morgan fingerprint density at radius 2 is 1.27 bits per heavy atom. The number of amides is 1. The Morgan fingerprint density at radius 3 is 1.73 bits per heavy atom. The highest BCUT2D eigenvalue weighted by Crippen LogP contribution is 2.27. The predicted molar refractivity (Wildman–Crippen MR) is 101 cm³/mol. The smallest absolute Gasteiger partial charge is 0.323 e. The molecule has 0 aromatic heterocycles. The van der Waals surface area contributed by atoms with Crippen LogP contribution in [0.3, 0.4) is 0 Å². The zero-order valence-electron chi connectivity index (χ0n) is 14.4. The molecule has 0 aliphatic carbocycles. The Kier molecular flexibility index (Phi) is 5.44. The fourth-order valence-electron chi connectivity index (χ4n) is 2.74. The molecule has 1 N–H and O–H groups in total. The third-order valence-electron chi connectivity index (χ3n) is 3.89. The van der Waals surface area contributed by atoms with Crippen LogP contribution in [-0.4, -0.2) is 11.9 Å². The van der Waals surface area contributed by atoms with Crippen molar-refractivity contribution in [2.45, 2.75) is 12.8 Å². The van der Waals surface area contributed by atoms with E-state index in [9.17, 15) is 9.59 Å². The molecular formula is C22H19NO3. The molecule has 26 heavy (non-hydrogen) atoms. The zero-order valence-corrected chi connectivity index (χ0v) is 14.4. The summed E-state index contributed by atoms with van der Waals surface area (Å²) in [6.45, 7) is 1.44. The van der Waals surface area contributed by atoms with Gasteiger partial charge in [-0.3, -0.25) is 9.59 Å². The number of esters is 1. The van der Waals surface area contributed by atoms with E-state index in [0.29, 0.717) is 11.4 Å². The Labute approximate surface area is 152 Å². The molecule has 0 fully saturated rings. The summed E-state index contributed by atoms with van der Waals surface area (Å²) in [5.41, 5.74) is 2.40. The minimum atomic E-state index is -0.507. The van der Waals surface area contributed by atoms with Crippen molar-refractivity contribution in [1.82, 2.24) is 0 Å². The van der Waals surface area contributed by atoms with Crippen LogP contribution < -0.4 is 10.1 Å². The maximum absolute atomic E-state index is 12.9. The number of hydrogen-bond donors (Lipinski definition) is 1. The van der Waals surface area contributed by atoms with Gasteiger partial charge in [0.1, 0.15) is 11.7 Å². The molecule has 0 bridgehead atoms. The van der Waals surface area contributed by atoms with Crippen molar-refractivity contribution < 1.29 is 14.3 Å². The highest BCUT2D eigenvalue weighted by atomic mass is 16.5. The monoisotopic (exact) mass is 345 g/mol. The fraction of sp³-hybridized carbons (Fsp3) is 0.0909. The molecule has 0 saturated carbocycles. The SMILES string of the molecule is CC(=O)Nc1ccc(OC(=O)C(c2ccccc2)c2ccccc2)cc1. The first-order valence-electron chi connectivity index (χ1n) is 8.33. The molecule has 0 spiro atoms. The van der Waals surface area contributed by atoms with Crippen molar-refractivity contribution in [3.05, 3.63) is 96.1 Å². The number of ether oxygens (including phenoxy) is 1. The van der Waals surface area contributed by atoms with Gasteiger partial charge in [-0.05, 0) is 35.4 Å². The van der Waals surface area contributed by atoms with Crippen LogP contribution in [-0.2, 0) is 9.59 Å². The Morgan fingerprint density at radius 1 is 0.769 bits per heavy atom. The molecule has 3 aromatic rings. The van der Waals surface area contributed by atoms with E-state index in [2.05, 4.69) is 5.32 Å². The average Bonchev–Trinajstić information content (AvgIpc) is 2.65. The van der Waals surface area contributed by atoms with Gasteiger partial charge in [0.15, 0.2) is 0 Å². The largest absolute Gasteiger partial charge is 0.426 e. The van der Waals surface area contributed by atoms with Gasteiger partial charge in [-0.15, -0.1) is 0 Å². The lowest BCUT2D eigenvalue weighted by molar-refractivity contribution is -0.135. The van der Waals surface area contributed by atoms with Crippen molar-refractivity contribution in [1.29, 1.82) is 0 Å². The van der Waals surface area contributed by atoms with Gasteiger partial charge in [-0.1, -0.05) is 60.7 Å². The molecule has 0 unspecified atom stereocenters. The lowest BCUT2D eigenvalue weighted by Crippen LogP contribution is -2.20. The van der Waals surface area contributed by atoms with E-state index < -0.39 is 5.92 Å². The fourth-order valence-corrected chi connectivity index (χ4v) is 2.74. The molecule has 0 atom stereocenters. The second-order valence-corrected chi connectivity index (χ2v) is 5.88. The second kappa shape index (κ2) is 8.12. The molecule has 1 amide bonds. The molecule has 0 heterocycles. The third-order valence-corrected chi connectivity index (χ3v) is 3.89. The summed E-state index contributed by atoms with van der Waals surface area (Å²) >= 11 is 0. The molecule has 130 valence electrons. The summed E-state index contributed by atoms with van der Waals surface area (Å²) in [6.07, 6.45) is 0. The minimum Gasteiger partial charge on any atom is -0.426 e. The summed E-state index contributed by atoms with van der Waals surface area (Å²) in [6, 6.07) is 25.8. The van der Waals surface area contributed by atoms with E-state index in [1.807, 2.05) is 60.7 Å². The molecule has 0 saturated heterocycles. The highest BCUT2D eigenvalue weighted by Gasteiger charge is 2.24. The average molecular weight is 345 g/mol. The zero-order chi connectivity index (χ0) is 18.4. The van der Waals surface area contributed by atoms with Gasteiger partial charge in [0.25, 0.3) is 0 Å². The number of rotatable bonds is 5. The van der Waals surface area contributed by atoms with Crippen LogP contribution in [0.15, 0.2) is 84.9 Å². The molecule has 4 nitrogen and oxygen atoms in total. The van der Waals surface area contributed by atoms with Gasteiger partial charge in [0.2, 0.25) is 5.91 Å². The van der Waals surface area contributed by atoms with E-state index >= 15 is 0 Å². The summed E-state index contributed by atoms with van der Waals surface area (Å²) in [4.78, 5) is 24.0. The number of hydrogen-bond acceptors (Lipinski definition) is 3. The molecule has 0 radical (unpaired) electrons. The van der Waals surface area contributed by atoms with Crippen molar-refractivity contribution in [2.24, 2.45) is 0 Å². The van der Waals surface area contributed by atoms with Gasteiger partial charge in [0.05, 0.1) is 0 Å². The standard InChI is InChI=1S/C22H19NO3/c1-16(24)23-19-12-14-20(15-13-19)26-22(25)21(17-8-4-2-5-9-17)18-10-6-3-7-11-18/h2-15,21H,1H3,(H,23,24). The summed E-state index contributed by atoms with van der Waals surface area (Å²) in [5.74, 6) is -0.578. The molecule has 3 aromatic carbocycles. The summed E-state index contributed by atoms with van der Waals surface area (Å²) in [7, 11) is 0. The van der Waals surface area contributed by atoms with Gasteiger partial charge < -0.3 is 10.1 Å². The van der Waals surface area contributed by atoms with E-state index in [0.717, 1.165) is 11.1 Å². The van der Waals surface area contributed by atoms with Gasteiger partial charge in [0, 0.05) is 12.6 Å². The van der Waals surface area contributed by atoms with E-state index in [-0.39, 0.29) is 11.9 Å². The maximum Gasteiger partial charge on any atom is 0.323 e. The van der Waals surface area contributed by atoms with Crippen LogP contribution in [0.5, 0.6) is 5.75 Å². The Bertz CT molecular complexity index is 835. The lowest BCUT2D eigenvalue weighted by Gasteiger charge is -2.17. The van der Waals surface area contributed by atoms with Gasteiger partial charge in [-0.2, -0.15) is 0 Å². The first kappa shape index (κ1) is 17.4. The maximum atomic E-state index is 12.9. The van der Waals surface area contributed by atoms with Crippen molar-refractivity contribution in [3.8, 4) is 5.75 Å². The highest BCUT2D eigenvalue weighted by molar-refractivity contribution is 5.89. The van der Waals surface area contributed by atoms with Crippen LogP contribution in [0.2, 0.25) is 0 Å². The number of anilines is 1. The molecule has 4 heteroatoms. The van der Waals surface area contributed by atoms with Crippen molar-refractivity contribution in [2.75, 3.05) is 5.32 Å². The van der Waals surface area contributed by atoms with E-state index in [1.54, 1.807) is 24.3 Å². The van der Waals surface area contributed by atoms with Crippen molar-refractivity contribution in [3.63, 3.8) is 0 Å². The number of carbonyl (C=O) groups excluding carboxylic acids is 2. The molecule has 3 rings (SSSR count). The summed E-state index contributed by atoms with van der Waals surface area (Å²) < 4.78 is 5.59. The number of carbonyl (C=O) groups is 2. The molecular weight excluding hydrogens is 326 g/mol. The van der Waals surface area contributed by atoms with Crippen LogP contribution in [0.1, 0.15) is 24.0 Å². The quantitative estimate of drug-likeness (QED) is 0.551. The molecule has 0 aliphatic rings. The predicted octanol–water partition coefficient (Wildman–Crippen LogP) is 4.38. The number of nitrogens with one attached hydrogen (secondary N) is 1.